The number of benzene rings is 2. The molecule has 7 heteroatoms. The van der Waals surface area contributed by atoms with Crippen molar-refractivity contribution in [1.29, 1.82) is 0 Å². The summed E-state index contributed by atoms with van der Waals surface area (Å²) in [5.74, 6) is 0.951. The molecule has 2 aromatic rings. The van der Waals surface area contributed by atoms with Crippen molar-refractivity contribution in [3.8, 4) is 11.5 Å². The first-order valence-corrected chi connectivity index (χ1v) is 8.75. The number of carbonyl (C=O) groups excluding carboxylic acids is 1. The molecule has 0 aliphatic carbocycles. The molecule has 144 valence electrons. The molecule has 0 saturated carbocycles. The van der Waals surface area contributed by atoms with E-state index in [0.717, 1.165) is 23.3 Å². The fourth-order valence-corrected chi connectivity index (χ4v) is 3.02. The summed E-state index contributed by atoms with van der Waals surface area (Å²) in [6, 6.07) is 10.1. The fraction of sp³-hybridized carbons (Fsp3) is 0.350. The van der Waals surface area contributed by atoms with E-state index in [1.807, 2.05) is 26.0 Å². The van der Waals surface area contributed by atoms with Gasteiger partial charge < -0.3 is 15.0 Å². The molecule has 0 saturated heterocycles. The van der Waals surface area contributed by atoms with Crippen molar-refractivity contribution in [2.24, 2.45) is 0 Å². The highest BCUT2D eigenvalue weighted by Gasteiger charge is 2.30. The summed E-state index contributed by atoms with van der Waals surface area (Å²) >= 11 is 0. The normalized spacial score (nSPS) is 14.1. The van der Waals surface area contributed by atoms with Crippen LogP contribution >= 0.6 is 0 Å². The highest BCUT2D eigenvalue weighted by atomic mass is 19.4. The minimum absolute atomic E-state index is 0.0632. The molecule has 2 amide bonds. The number of halogens is 3. The first kappa shape index (κ1) is 19.1. The van der Waals surface area contributed by atoms with Crippen LogP contribution < -0.4 is 10.1 Å². The number of rotatable bonds is 3. The van der Waals surface area contributed by atoms with E-state index in [1.54, 1.807) is 11.0 Å². The minimum atomic E-state index is -4.37. The van der Waals surface area contributed by atoms with E-state index in [4.69, 9.17) is 4.74 Å². The van der Waals surface area contributed by atoms with E-state index >= 15 is 0 Å². The second-order valence-corrected chi connectivity index (χ2v) is 6.79. The third-order valence-corrected chi connectivity index (χ3v) is 4.33. The van der Waals surface area contributed by atoms with Gasteiger partial charge in [-0.1, -0.05) is 12.1 Å². The van der Waals surface area contributed by atoms with Crippen LogP contribution in [0.5, 0.6) is 11.5 Å². The van der Waals surface area contributed by atoms with Gasteiger partial charge in [-0.2, -0.15) is 13.2 Å². The third kappa shape index (κ3) is 4.53. The van der Waals surface area contributed by atoms with E-state index < -0.39 is 11.7 Å². The number of nitrogens with zero attached hydrogens (tertiary/aromatic N) is 1. The third-order valence-electron chi connectivity index (χ3n) is 4.33. The van der Waals surface area contributed by atoms with Gasteiger partial charge in [0, 0.05) is 24.7 Å². The molecule has 0 fully saturated rings. The predicted octanol–water partition coefficient (Wildman–Crippen LogP) is 4.97. The molecule has 27 heavy (non-hydrogen) atoms. The van der Waals surface area contributed by atoms with Gasteiger partial charge >= 0.3 is 12.2 Å². The Bertz CT molecular complexity index is 817. The summed E-state index contributed by atoms with van der Waals surface area (Å²) < 4.78 is 43.8. The minimum Gasteiger partial charge on any atom is -0.457 e. The van der Waals surface area contributed by atoms with Crippen LogP contribution in [-0.2, 0) is 19.1 Å². The van der Waals surface area contributed by atoms with Gasteiger partial charge in [-0.15, -0.1) is 0 Å². The number of ether oxygens (including phenoxy) is 1. The van der Waals surface area contributed by atoms with Gasteiger partial charge in [0.05, 0.1) is 5.56 Å². The second kappa shape index (κ2) is 7.50. The first-order valence-electron chi connectivity index (χ1n) is 8.75. The Morgan fingerprint density at radius 1 is 1.15 bits per heavy atom. The van der Waals surface area contributed by atoms with Crippen molar-refractivity contribution in [2.75, 3.05) is 6.54 Å². The van der Waals surface area contributed by atoms with E-state index in [-0.39, 0.29) is 12.1 Å². The predicted molar refractivity (Wildman–Crippen MR) is 95.7 cm³/mol. The van der Waals surface area contributed by atoms with Crippen molar-refractivity contribution >= 4 is 6.03 Å². The van der Waals surface area contributed by atoms with Crippen LogP contribution in [0.15, 0.2) is 42.5 Å². The maximum Gasteiger partial charge on any atom is 0.416 e. The van der Waals surface area contributed by atoms with E-state index in [1.165, 1.54) is 12.1 Å². The maximum atomic E-state index is 12.7. The Hall–Kier alpha value is -2.70. The lowest BCUT2D eigenvalue weighted by Gasteiger charge is -2.30. The Balaban J connectivity index is 1.75. The van der Waals surface area contributed by atoms with Crippen molar-refractivity contribution < 1.29 is 22.7 Å². The fourth-order valence-electron chi connectivity index (χ4n) is 3.02. The summed E-state index contributed by atoms with van der Waals surface area (Å²) in [5.41, 5.74) is 1.24. The quantitative estimate of drug-likeness (QED) is 0.819. The molecule has 1 N–H and O–H groups in total. The van der Waals surface area contributed by atoms with Gasteiger partial charge in [0.15, 0.2) is 0 Å². The molecule has 1 heterocycles. The highest BCUT2D eigenvalue weighted by Crippen LogP contribution is 2.34. The summed E-state index contributed by atoms with van der Waals surface area (Å²) in [6.45, 7) is 4.84. The van der Waals surface area contributed by atoms with Gasteiger partial charge in [-0.25, -0.2) is 4.79 Å². The smallest absolute Gasteiger partial charge is 0.416 e. The van der Waals surface area contributed by atoms with Crippen molar-refractivity contribution in [1.82, 2.24) is 10.2 Å². The Kier molecular flexibility index (Phi) is 5.30. The standard InChI is InChI=1S/C20H21F3N2O2/c1-13(2)24-19(26)25-11-10-17-14(12-25)4-3-5-18(17)27-16-8-6-15(7-9-16)20(21,22)23/h3-9,13H,10-12H2,1-2H3,(H,24,26). The molecular formula is C20H21F3N2O2. The number of carbonyl (C=O) groups is 1. The summed E-state index contributed by atoms with van der Waals surface area (Å²) in [5, 5.41) is 2.88. The second-order valence-electron chi connectivity index (χ2n) is 6.79. The number of hydrogen-bond donors (Lipinski definition) is 1. The number of urea groups is 1. The topological polar surface area (TPSA) is 41.6 Å². The van der Waals surface area contributed by atoms with Crippen LogP contribution in [-0.4, -0.2) is 23.5 Å². The summed E-state index contributed by atoms with van der Waals surface area (Å²) in [7, 11) is 0. The summed E-state index contributed by atoms with van der Waals surface area (Å²) in [6.07, 6.45) is -3.75. The Labute approximate surface area is 155 Å². The molecular weight excluding hydrogens is 357 g/mol. The lowest BCUT2D eigenvalue weighted by Crippen LogP contribution is -2.45. The van der Waals surface area contributed by atoms with Gasteiger partial charge in [0.25, 0.3) is 0 Å². The van der Waals surface area contributed by atoms with Crippen LogP contribution in [0.25, 0.3) is 0 Å². The molecule has 0 atom stereocenters. The van der Waals surface area contributed by atoms with Gasteiger partial charge in [-0.05, 0) is 56.2 Å². The average Bonchev–Trinajstić information content (AvgIpc) is 2.60. The molecule has 1 aliphatic heterocycles. The van der Waals surface area contributed by atoms with Crippen LogP contribution in [0.1, 0.15) is 30.5 Å². The highest BCUT2D eigenvalue weighted by molar-refractivity contribution is 5.75. The van der Waals surface area contributed by atoms with Crippen LogP contribution in [0.2, 0.25) is 0 Å². The first-order chi connectivity index (χ1) is 12.7. The number of nitrogens with one attached hydrogen (secondary N) is 1. The zero-order valence-electron chi connectivity index (χ0n) is 15.1. The average molecular weight is 378 g/mol. The molecule has 0 aromatic heterocycles. The molecule has 0 radical (unpaired) electrons. The molecule has 1 aliphatic rings. The van der Waals surface area contributed by atoms with Gasteiger partial charge in [0.2, 0.25) is 0 Å². The van der Waals surface area contributed by atoms with Crippen molar-refractivity contribution in [2.45, 2.75) is 39.0 Å². The maximum absolute atomic E-state index is 12.7. The molecule has 2 aromatic carbocycles. The molecule has 0 unspecified atom stereocenters. The number of fused-ring (bicyclic) bond motifs is 1. The lowest BCUT2D eigenvalue weighted by atomic mass is 9.99. The molecule has 3 rings (SSSR count). The summed E-state index contributed by atoms with van der Waals surface area (Å²) in [4.78, 5) is 13.9. The zero-order chi connectivity index (χ0) is 19.6. The van der Waals surface area contributed by atoms with Crippen LogP contribution in [0.3, 0.4) is 0 Å². The number of hydrogen-bond acceptors (Lipinski definition) is 2. The van der Waals surface area contributed by atoms with E-state index in [2.05, 4.69) is 5.32 Å². The Morgan fingerprint density at radius 3 is 2.48 bits per heavy atom. The van der Waals surface area contributed by atoms with Gasteiger partial charge in [0.1, 0.15) is 11.5 Å². The zero-order valence-corrected chi connectivity index (χ0v) is 15.1. The largest absolute Gasteiger partial charge is 0.457 e. The van der Waals surface area contributed by atoms with E-state index in [0.29, 0.717) is 31.0 Å². The SMILES string of the molecule is CC(C)NC(=O)N1CCc2c(cccc2Oc2ccc(C(F)(F)F)cc2)C1. The number of alkyl halides is 3. The molecule has 4 nitrogen and oxygen atoms in total. The van der Waals surface area contributed by atoms with Crippen molar-refractivity contribution in [3.05, 3.63) is 59.2 Å². The monoisotopic (exact) mass is 378 g/mol. The van der Waals surface area contributed by atoms with E-state index in [9.17, 15) is 18.0 Å². The molecule has 0 spiro atoms. The molecule has 0 bridgehead atoms. The lowest BCUT2D eigenvalue weighted by molar-refractivity contribution is -0.137. The van der Waals surface area contributed by atoms with Crippen LogP contribution in [0, 0.1) is 0 Å². The van der Waals surface area contributed by atoms with Gasteiger partial charge in [-0.3, -0.25) is 0 Å². The van der Waals surface area contributed by atoms with Crippen molar-refractivity contribution in [3.63, 3.8) is 0 Å². The van der Waals surface area contributed by atoms with Crippen LogP contribution in [0.4, 0.5) is 18.0 Å². The Morgan fingerprint density at radius 2 is 1.85 bits per heavy atom. The number of amides is 2.